The lowest BCUT2D eigenvalue weighted by molar-refractivity contribution is -0.135. The van der Waals surface area contributed by atoms with E-state index in [-0.39, 0.29) is 11.9 Å². The van der Waals surface area contributed by atoms with Gasteiger partial charge in [-0.05, 0) is 63.6 Å². The quantitative estimate of drug-likeness (QED) is 0.540. The van der Waals surface area contributed by atoms with Crippen LogP contribution in [0.3, 0.4) is 0 Å². The molecule has 5 aliphatic rings. The molecule has 208 valence electrons. The van der Waals surface area contributed by atoms with Crippen molar-refractivity contribution in [2.75, 3.05) is 57.3 Å². The average molecular weight is 570 g/mol. The standard InChI is InChI=1S/C30H38Cl2N6O/c1-20(2)35-9-11-36(12-10-35)25-18-30(25,21-3-4-22(31)23(32)17-21)28(39)38-15-13-37(14-16-38)27-26-24(33-19-34-27)5-6-29(26)7-8-29/h3-4,17,19-20,25H,5-16,18H2,1-2H3/t25?,30-/m1/s1. The SMILES string of the molecule is CC(C)N1CCN(C2C[C@@]2(C(=O)N2CCN(c3ncnc4c3C3(CC4)CC3)CC2)c2ccc(Cl)c(Cl)c2)CC1. The van der Waals surface area contributed by atoms with Crippen LogP contribution in [0.1, 0.15) is 56.4 Å². The molecule has 2 atom stereocenters. The number of hydrogen-bond acceptors (Lipinski definition) is 6. The van der Waals surface area contributed by atoms with E-state index in [4.69, 9.17) is 28.2 Å². The van der Waals surface area contributed by atoms with Crippen molar-refractivity contribution in [2.45, 2.75) is 68.9 Å². The molecule has 0 N–H and O–H groups in total. The Kier molecular flexibility index (Phi) is 6.38. The Morgan fingerprint density at radius 3 is 2.36 bits per heavy atom. The summed E-state index contributed by atoms with van der Waals surface area (Å²) in [5, 5.41) is 1.05. The minimum atomic E-state index is -0.551. The van der Waals surface area contributed by atoms with Crippen molar-refractivity contribution in [3.05, 3.63) is 51.4 Å². The minimum Gasteiger partial charge on any atom is -0.353 e. The zero-order valence-electron chi connectivity index (χ0n) is 23.0. The van der Waals surface area contributed by atoms with Gasteiger partial charge in [0.1, 0.15) is 12.1 Å². The summed E-state index contributed by atoms with van der Waals surface area (Å²) in [4.78, 5) is 33.4. The first-order valence-electron chi connectivity index (χ1n) is 14.6. The molecule has 1 unspecified atom stereocenters. The molecule has 1 amide bonds. The van der Waals surface area contributed by atoms with Crippen LogP contribution in [0.2, 0.25) is 10.0 Å². The van der Waals surface area contributed by atoms with E-state index in [9.17, 15) is 4.79 Å². The molecule has 2 aliphatic heterocycles. The van der Waals surface area contributed by atoms with Crippen LogP contribution in [0.25, 0.3) is 0 Å². The lowest BCUT2D eigenvalue weighted by Gasteiger charge is -2.40. The van der Waals surface area contributed by atoms with Gasteiger partial charge in [-0.3, -0.25) is 14.6 Å². The van der Waals surface area contributed by atoms with Crippen molar-refractivity contribution in [3.63, 3.8) is 0 Å². The van der Waals surface area contributed by atoms with Crippen LogP contribution in [-0.4, -0.2) is 95.0 Å². The number of anilines is 1. The first kappa shape index (κ1) is 26.0. The van der Waals surface area contributed by atoms with E-state index >= 15 is 0 Å². The van der Waals surface area contributed by atoms with E-state index in [2.05, 4.69) is 38.4 Å². The van der Waals surface area contributed by atoms with Crippen LogP contribution < -0.4 is 4.90 Å². The smallest absolute Gasteiger partial charge is 0.235 e. The Balaban J connectivity index is 1.10. The molecule has 0 radical (unpaired) electrons. The summed E-state index contributed by atoms with van der Waals surface area (Å²) in [5.74, 6) is 1.36. The first-order chi connectivity index (χ1) is 18.8. The fourth-order valence-corrected chi connectivity index (χ4v) is 7.91. The molecule has 2 aromatic rings. The van der Waals surface area contributed by atoms with Crippen LogP contribution in [-0.2, 0) is 22.0 Å². The topological polar surface area (TPSA) is 55.8 Å². The number of carbonyl (C=O) groups excluding carboxylic acids is 1. The highest BCUT2D eigenvalue weighted by Crippen LogP contribution is 2.58. The number of rotatable bonds is 5. The first-order valence-corrected chi connectivity index (χ1v) is 15.4. The Morgan fingerprint density at radius 1 is 0.949 bits per heavy atom. The number of piperazine rings is 2. The highest BCUT2D eigenvalue weighted by atomic mass is 35.5. The summed E-state index contributed by atoms with van der Waals surface area (Å²) in [7, 11) is 0. The zero-order chi connectivity index (χ0) is 26.9. The largest absolute Gasteiger partial charge is 0.353 e. The van der Waals surface area contributed by atoms with Gasteiger partial charge in [-0.1, -0.05) is 29.3 Å². The maximum Gasteiger partial charge on any atom is 0.235 e. The van der Waals surface area contributed by atoms with Crippen molar-refractivity contribution in [1.82, 2.24) is 24.7 Å². The van der Waals surface area contributed by atoms with Gasteiger partial charge in [0.25, 0.3) is 0 Å². The zero-order valence-corrected chi connectivity index (χ0v) is 24.5. The Bertz CT molecular complexity index is 1280. The predicted octanol–water partition coefficient (Wildman–Crippen LogP) is 4.15. The summed E-state index contributed by atoms with van der Waals surface area (Å²) in [6, 6.07) is 6.56. The molecule has 39 heavy (non-hydrogen) atoms. The summed E-state index contributed by atoms with van der Waals surface area (Å²) in [6.45, 7) is 11.6. The van der Waals surface area contributed by atoms with E-state index in [1.807, 2.05) is 18.2 Å². The van der Waals surface area contributed by atoms with Gasteiger partial charge in [0.2, 0.25) is 5.91 Å². The van der Waals surface area contributed by atoms with E-state index < -0.39 is 5.41 Å². The molecule has 1 aromatic heterocycles. The van der Waals surface area contributed by atoms with Crippen molar-refractivity contribution < 1.29 is 4.79 Å². The second kappa shape index (κ2) is 9.57. The summed E-state index contributed by atoms with van der Waals surface area (Å²) in [6.07, 6.45) is 7.39. The second-order valence-corrected chi connectivity index (χ2v) is 13.4. The van der Waals surface area contributed by atoms with E-state index in [0.29, 0.717) is 34.6 Å². The third-order valence-electron chi connectivity index (χ3n) is 10.3. The summed E-state index contributed by atoms with van der Waals surface area (Å²) in [5.41, 5.74) is 3.43. The van der Waals surface area contributed by atoms with Crippen molar-refractivity contribution in [1.29, 1.82) is 0 Å². The number of carbonyl (C=O) groups is 1. The number of nitrogens with zero attached hydrogens (tertiary/aromatic N) is 6. The molecule has 1 spiro atoms. The highest BCUT2D eigenvalue weighted by Gasteiger charge is 2.64. The fraction of sp³-hybridized carbons (Fsp3) is 0.633. The van der Waals surface area contributed by atoms with Gasteiger partial charge in [-0.25, -0.2) is 9.97 Å². The van der Waals surface area contributed by atoms with Gasteiger partial charge in [-0.2, -0.15) is 0 Å². The van der Waals surface area contributed by atoms with Crippen LogP contribution in [0.15, 0.2) is 24.5 Å². The second-order valence-electron chi connectivity index (χ2n) is 12.6. The van der Waals surface area contributed by atoms with Crippen LogP contribution in [0, 0.1) is 0 Å². The number of aryl methyl sites for hydroxylation is 1. The molecule has 7 nitrogen and oxygen atoms in total. The van der Waals surface area contributed by atoms with Crippen molar-refractivity contribution >= 4 is 34.9 Å². The van der Waals surface area contributed by atoms with Gasteiger partial charge < -0.3 is 9.80 Å². The normalized spacial score (nSPS) is 28.3. The van der Waals surface area contributed by atoms with E-state index in [1.165, 1.54) is 30.5 Å². The predicted molar refractivity (Wildman–Crippen MR) is 155 cm³/mol. The highest BCUT2D eigenvalue weighted by molar-refractivity contribution is 6.42. The van der Waals surface area contributed by atoms with Crippen LogP contribution >= 0.6 is 23.2 Å². The number of hydrogen-bond donors (Lipinski definition) is 0. The number of aromatic nitrogens is 2. The molecule has 3 aliphatic carbocycles. The lowest BCUT2D eigenvalue weighted by atomic mass is 9.92. The monoisotopic (exact) mass is 568 g/mol. The summed E-state index contributed by atoms with van der Waals surface area (Å²) >= 11 is 12.8. The maximum atomic E-state index is 14.4. The van der Waals surface area contributed by atoms with Gasteiger partial charge >= 0.3 is 0 Å². The Hall–Kier alpha value is -1.93. The Labute approximate surface area is 241 Å². The van der Waals surface area contributed by atoms with Gasteiger partial charge in [0, 0.05) is 81.1 Å². The van der Waals surface area contributed by atoms with E-state index in [1.54, 1.807) is 6.33 Å². The van der Waals surface area contributed by atoms with Gasteiger partial charge in [0.15, 0.2) is 0 Å². The number of halogens is 2. The third-order valence-corrected chi connectivity index (χ3v) is 11.0. The number of fused-ring (bicyclic) bond motifs is 2. The fourth-order valence-electron chi connectivity index (χ4n) is 7.61. The Morgan fingerprint density at radius 2 is 1.69 bits per heavy atom. The lowest BCUT2D eigenvalue weighted by Crippen LogP contribution is -2.55. The van der Waals surface area contributed by atoms with Crippen LogP contribution in [0.5, 0.6) is 0 Å². The molecule has 1 aromatic carbocycles. The summed E-state index contributed by atoms with van der Waals surface area (Å²) < 4.78 is 0. The molecule has 2 saturated heterocycles. The van der Waals surface area contributed by atoms with E-state index in [0.717, 1.165) is 63.5 Å². The number of amides is 1. The molecule has 0 bridgehead atoms. The average Bonchev–Trinajstić information content (AvgIpc) is 3.86. The maximum absolute atomic E-state index is 14.4. The van der Waals surface area contributed by atoms with Gasteiger partial charge in [-0.15, -0.1) is 0 Å². The molecule has 4 fully saturated rings. The number of benzene rings is 1. The van der Waals surface area contributed by atoms with Crippen molar-refractivity contribution in [3.8, 4) is 0 Å². The van der Waals surface area contributed by atoms with Crippen molar-refractivity contribution in [2.24, 2.45) is 0 Å². The molecule has 2 saturated carbocycles. The molecule has 7 rings (SSSR count). The van der Waals surface area contributed by atoms with Gasteiger partial charge in [0.05, 0.1) is 15.5 Å². The molecular weight excluding hydrogens is 531 g/mol. The third kappa shape index (κ3) is 4.27. The molecular formula is C30H38Cl2N6O. The van der Waals surface area contributed by atoms with Crippen LogP contribution in [0.4, 0.5) is 5.82 Å². The molecule has 3 heterocycles. The minimum absolute atomic E-state index is 0.203. The molecule has 9 heteroatoms.